The highest BCUT2D eigenvalue weighted by Crippen LogP contribution is 2.52. The second-order valence-corrected chi connectivity index (χ2v) is 8.01. The standard InChI is InChI=1S/C19H25NO/c1-2-15(1)16-3-5-17(6-4-16)20-12-11-18(13-20)7-9-19(10-8-18)14-21-19/h3-6,15H,1-2,7-14H2. The van der Waals surface area contributed by atoms with Crippen LogP contribution in [0.15, 0.2) is 24.3 Å². The SMILES string of the molecule is c1cc(N2CCC3(CCC4(CC3)CO4)C2)ccc1C1CC1. The van der Waals surface area contributed by atoms with Crippen molar-refractivity contribution >= 4 is 5.69 Å². The first-order chi connectivity index (χ1) is 10.3. The maximum Gasteiger partial charge on any atom is 0.0917 e. The van der Waals surface area contributed by atoms with E-state index in [1.165, 1.54) is 63.7 Å². The van der Waals surface area contributed by atoms with Crippen molar-refractivity contribution in [1.82, 2.24) is 0 Å². The Bertz CT molecular complexity index is 531. The molecule has 112 valence electrons. The van der Waals surface area contributed by atoms with E-state index in [4.69, 9.17) is 4.74 Å². The minimum Gasteiger partial charge on any atom is -0.371 e. The van der Waals surface area contributed by atoms with Gasteiger partial charge in [0.05, 0.1) is 12.2 Å². The molecule has 1 aromatic carbocycles. The summed E-state index contributed by atoms with van der Waals surface area (Å²) < 4.78 is 5.68. The molecule has 1 aromatic rings. The van der Waals surface area contributed by atoms with Gasteiger partial charge in [0, 0.05) is 18.8 Å². The molecule has 2 spiro atoms. The molecule has 5 rings (SSSR count). The maximum atomic E-state index is 5.68. The monoisotopic (exact) mass is 283 g/mol. The van der Waals surface area contributed by atoms with Crippen molar-refractivity contribution < 1.29 is 4.74 Å². The first kappa shape index (κ1) is 12.5. The summed E-state index contributed by atoms with van der Waals surface area (Å²) in [6, 6.07) is 9.46. The summed E-state index contributed by atoms with van der Waals surface area (Å²) in [6.45, 7) is 3.55. The lowest BCUT2D eigenvalue weighted by Gasteiger charge is -2.36. The van der Waals surface area contributed by atoms with Crippen LogP contribution in [-0.4, -0.2) is 25.3 Å². The molecule has 0 amide bonds. The minimum absolute atomic E-state index is 0.338. The summed E-state index contributed by atoms with van der Waals surface area (Å²) in [5.74, 6) is 0.872. The molecule has 2 nitrogen and oxygen atoms in total. The summed E-state index contributed by atoms with van der Waals surface area (Å²) in [4.78, 5) is 2.63. The van der Waals surface area contributed by atoms with Gasteiger partial charge in [-0.1, -0.05) is 12.1 Å². The Kier molecular flexibility index (Phi) is 2.54. The second kappa shape index (κ2) is 4.25. The van der Waals surface area contributed by atoms with Crippen molar-refractivity contribution in [2.45, 2.75) is 56.5 Å². The Morgan fingerprint density at radius 2 is 1.67 bits per heavy atom. The molecule has 0 atom stereocenters. The van der Waals surface area contributed by atoms with E-state index in [1.54, 1.807) is 5.56 Å². The maximum absolute atomic E-state index is 5.68. The predicted octanol–water partition coefficient (Wildman–Crippen LogP) is 4.10. The molecule has 2 heteroatoms. The van der Waals surface area contributed by atoms with Crippen LogP contribution < -0.4 is 4.90 Å². The van der Waals surface area contributed by atoms with Gasteiger partial charge >= 0.3 is 0 Å². The molecular formula is C19H25NO. The fourth-order valence-corrected chi connectivity index (χ4v) is 4.56. The van der Waals surface area contributed by atoms with Crippen molar-refractivity contribution in [3.63, 3.8) is 0 Å². The molecule has 21 heavy (non-hydrogen) atoms. The van der Waals surface area contributed by atoms with E-state index < -0.39 is 0 Å². The number of benzene rings is 1. The highest BCUT2D eigenvalue weighted by molar-refractivity contribution is 5.50. The molecule has 2 saturated carbocycles. The third-order valence-electron chi connectivity index (χ3n) is 6.52. The van der Waals surface area contributed by atoms with Crippen LogP contribution in [0.1, 0.15) is 56.4 Å². The van der Waals surface area contributed by atoms with Crippen LogP contribution in [0.4, 0.5) is 5.69 Å². The number of rotatable bonds is 2. The molecule has 0 N–H and O–H groups in total. The van der Waals surface area contributed by atoms with Crippen LogP contribution >= 0.6 is 0 Å². The van der Waals surface area contributed by atoms with Crippen LogP contribution in [0.25, 0.3) is 0 Å². The zero-order valence-corrected chi connectivity index (χ0v) is 12.8. The lowest BCUT2D eigenvalue weighted by atomic mass is 9.70. The van der Waals surface area contributed by atoms with Crippen molar-refractivity contribution in [3.05, 3.63) is 29.8 Å². The molecule has 4 fully saturated rings. The highest BCUT2D eigenvalue weighted by Gasteiger charge is 2.52. The van der Waals surface area contributed by atoms with Gasteiger partial charge in [0.1, 0.15) is 0 Å². The lowest BCUT2D eigenvalue weighted by molar-refractivity contribution is 0.135. The Balaban J connectivity index is 1.28. The summed E-state index contributed by atoms with van der Waals surface area (Å²) in [5, 5.41) is 0. The zero-order valence-electron chi connectivity index (χ0n) is 12.8. The molecule has 2 aliphatic heterocycles. The summed E-state index contributed by atoms with van der Waals surface area (Å²) in [6.07, 6.45) is 9.55. The van der Waals surface area contributed by atoms with Crippen molar-refractivity contribution in [3.8, 4) is 0 Å². The summed E-state index contributed by atoms with van der Waals surface area (Å²) in [5.41, 5.74) is 3.93. The number of nitrogens with zero attached hydrogens (tertiary/aromatic N) is 1. The van der Waals surface area contributed by atoms with Crippen LogP contribution in [0.3, 0.4) is 0 Å². The normalized spacial score (nSPS) is 38.4. The van der Waals surface area contributed by atoms with E-state index in [1.807, 2.05) is 0 Å². The van der Waals surface area contributed by atoms with Crippen molar-refractivity contribution in [2.75, 3.05) is 24.6 Å². The van der Waals surface area contributed by atoms with Crippen molar-refractivity contribution in [2.24, 2.45) is 5.41 Å². The average Bonchev–Trinajstić information content (AvgIpc) is 3.45. The van der Waals surface area contributed by atoms with Crippen LogP contribution in [0.5, 0.6) is 0 Å². The van der Waals surface area contributed by atoms with Gasteiger partial charge in [-0.2, -0.15) is 0 Å². The van der Waals surface area contributed by atoms with Gasteiger partial charge in [0.25, 0.3) is 0 Å². The Morgan fingerprint density at radius 3 is 2.29 bits per heavy atom. The predicted molar refractivity (Wildman–Crippen MR) is 84.8 cm³/mol. The molecule has 0 aromatic heterocycles. The number of ether oxygens (including phenoxy) is 1. The molecule has 2 aliphatic carbocycles. The molecule has 4 aliphatic rings. The third-order valence-corrected chi connectivity index (χ3v) is 6.52. The molecule has 2 saturated heterocycles. The quantitative estimate of drug-likeness (QED) is 0.759. The average molecular weight is 283 g/mol. The van der Waals surface area contributed by atoms with Gasteiger partial charge in [0.2, 0.25) is 0 Å². The lowest BCUT2D eigenvalue weighted by Crippen LogP contribution is -2.34. The zero-order chi connectivity index (χ0) is 13.9. The highest BCUT2D eigenvalue weighted by atomic mass is 16.6. The molecule has 0 bridgehead atoms. The Labute approximate surface area is 127 Å². The van der Waals surface area contributed by atoms with Gasteiger partial charge < -0.3 is 9.64 Å². The fourth-order valence-electron chi connectivity index (χ4n) is 4.56. The van der Waals surface area contributed by atoms with Gasteiger partial charge in [-0.3, -0.25) is 0 Å². The van der Waals surface area contributed by atoms with Gasteiger partial charge in [0.15, 0.2) is 0 Å². The van der Waals surface area contributed by atoms with Crippen LogP contribution in [-0.2, 0) is 4.74 Å². The van der Waals surface area contributed by atoms with E-state index in [-0.39, 0.29) is 0 Å². The minimum atomic E-state index is 0.338. The Hall–Kier alpha value is -1.02. The number of hydrogen-bond donors (Lipinski definition) is 0. The number of anilines is 1. The molecule has 2 heterocycles. The van der Waals surface area contributed by atoms with E-state index in [0.29, 0.717) is 11.0 Å². The number of hydrogen-bond acceptors (Lipinski definition) is 2. The molecule has 0 unspecified atom stereocenters. The second-order valence-electron chi connectivity index (χ2n) is 8.01. The summed E-state index contributed by atoms with van der Waals surface area (Å²) >= 11 is 0. The topological polar surface area (TPSA) is 15.8 Å². The van der Waals surface area contributed by atoms with E-state index in [9.17, 15) is 0 Å². The summed E-state index contributed by atoms with van der Waals surface area (Å²) in [7, 11) is 0. The van der Waals surface area contributed by atoms with Gasteiger partial charge in [-0.05, 0) is 74.0 Å². The number of epoxide rings is 1. The van der Waals surface area contributed by atoms with Crippen molar-refractivity contribution in [1.29, 1.82) is 0 Å². The van der Waals surface area contributed by atoms with Crippen LogP contribution in [0, 0.1) is 5.41 Å². The first-order valence-corrected chi connectivity index (χ1v) is 8.75. The van der Waals surface area contributed by atoms with E-state index >= 15 is 0 Å². The van der Waals surface area contributed by atoms with E-state index in [2.05, 4.69) is 29.2 Å². The molecule has 0 radical (unpaired) electrons. The van der Waals surface area contributed by atoms with Gasteiger partial charge in [-0.25, -0.2) is 0 Å². The van der Waals surface area contributed by atoms with Crippen LogP contribution in [0.2, 0.25) is 0 Å². The first-order valence-electron chi connectivity index (χ1n) is 8.75. The largest absolute Gasteiger partial charge is 0.371 e. The molecular weight excluding hydrogens is 258 g/mol. The van der Waals surface area contributed by atoms with E-state index in [0.717, 1.165) is 12.5 Å². The van der Waals surface area contributed by atoms with Gasteiger partial charge in [-0.15, -0.1) is 0 Å². The fraction of sp³-hybridized carbons (Fsp3) is 0.684. The smallest absolute Gasteiger partial charge is 0.0917 e. The Morgan fingerprint density at radius 1 is 0.952 bits per heavy atom. The third kappa shape index (κ3) is 2.19.